The lowest BCUT2D eigenvalue weighted by atomic mass is 9.43. The van der Waals surface area contributed by atoms with E-state index in [1.165, 1.54) is 51.4 Å². The van der Waals surface area contributed by atoms with E-state index < -0.39 is 5.97 Å². The summed E-state index contributed by atoms with van der Waals surface area (Å²) in [7, 11) is 0. The van der Waals surface area contributed by atoms with Crippen molar-refractivity contribution in [2.75, 3.05) is 0 Å². The van der Waals surface area contributed by atoms with Crippen LogP contribution in [0.25, 0.3) is 0 Å². The molecule has 0 aromatic rings. The zero-order valence-electron chi connectivity index (χ0n) is 58.3. The molecule has 0 bridgehead atoms. The van der Waals surface area contributed by atoms with Crippen LogP contribution in [0.5, 0.6) is 0 Å². The molecule has 510 valence electrons. The van der Waals surface area contributed by atoms with Gasteiger partial charge in [0.05, 0.1) is 30.0 Å². The molecular formula is C79H134O10. The largest absolute Gasteiger partial charge is 0.481 e. The summed E-state index contributed by atoms with van der Waals surface area (Å²) in [6, 6.07) is 0. The minimum atomic E-state index is -0.707. The predicted octanol–water partition coefficient (Wildman–Crippen LogP) is 17.9. The first-order valence-corrected chi connectivity index (χ1v) is 37.8. The summed E-state index contributed by atoms with van der Waals surface area (Å²) in [5, 5.41) is 43.1. The van der Waals surface area contributed by atoms with Crippen molar-refractivity contribution in [2.45, 2.75) is 339 Å². The number of hydrogen-bond donors (Lipinski definition) is 4. The zero-order chi connectivity index (χ0) is 63.4. The molecule has 12 aliphatic rings. The Bertz CT molecular complexity index is 2450. The fourth-order valence-electron chi connectivity index (χ4n) is 27.4. The summed E-state index contributed by atoms with van der Waals surface area (Å²) in [4.78, 5) is 40.8. The van der Waals surface area contributed by atoms with E-state index in [0.717, 1.165) is 116 Å². The Morgan fingerprint density at radius 2 is 0.798 bits per heavy atom. The third-order valence-corrected chi connectivity index (χ3v) is 31.7. The van der Waals surface area contributed by atoms with E-state index in [0.29, 0.717) is 120 Å². The number of carboxylic acid groups (broad SMARTS) is 1. The smallest absolute Gasteiger partial charge is 0.306 e. The van der Waals surface area contributed by atoms with Crippen LogP contribution in [0, 0.1) is 139 Å². The number of aliphatic hydroxyl groups excluding tert-OH is 3. The highest BCUT2D eigenvalue weighted by Gasteiger charge is 2.67. The van der Waals surface area contributed by atoms with Gasteiger partial charge in [-0.3, -0.25) is 14.4 Å². The number of ether oxygens (including phenoxy) is 3. The standard InChI is InChI=1S/C76H124O10.C2H6.CH4/c1-43(13-22-64(80)81)52-17-20-56-68-59(29-35-75(52,56)11)73(9)33-27-51(84-65(82)23-14-44(2)53-16-19-55-67-58(28-34-74(53,55)10)71(7)31-25-49(77)37-46(71)40-61(67)79)39-48(73)41-62(68)85-66(83)24-15-45(3)54-18-21-57-69-60(30-36-76(54,57)12)72(8)32-26-50(78)38-47(72)42-63(69)86-70(4,5)6;1-2;/h43-63,67-69,77-79H,13-42H2,1-12H3,(H,80,81);1-2H3;1H4/t43-,44-,45-,46+,47+,48+,49-,50-,51?,52-,53-,54-,55+,56+,57+,58+,59+,60+,61+,62+,63+,67+,68+,69+,71+,72+,73+,74-,75-,76-;;/m1../s1. The van der Waals surface area contributed by atoms with E-state index in [-0.39, 0.29) is 106 Å². The molecule has 0 saturated heterocycles. The summed E-state index contributed by atoms with van der Waals surface area (Å²) in [6.45, 7) is 33.1. The van der Waals surface area contributed by atoms with Crippen molar-refractivity contribution in [3.8, 4) is 0 Å². The van der Waals surface area contributed by atoms with Gasteiger partial charge in [0.2, 0.25) is 0 Å². The molecule has 0 aromatic heterocycles. The van der Waals surface area contributed by atoms with Crippen molar-refractivity contribution in [1.29, 1.82) is 0 Å². The lowest BCUT2D eigenvalue weighted by Crippen LogP contribution is -2.60. The molecule has 1 unspecified atom stereocenters. The Morgan fingerprint density at radius 1 is 0.438 bits per heavy atom. The second kappa shape index (κ2) is 26.3. The Labute approximate surface area is 542 Å². The van der Waals surface area contributed by atoms with E-state index in [2.05, 4.69) is 83.1 Å². The van der Waals surface area contributed by atoms with Crippen molar-refractivity contribution in [3.63, 3.8) is 0 Å². The molecule has 0 aromatic carbocycles. The fraction of sp³-hybridized carbons (Fsp3) is 0.962. The maximum absolute atomic E-state index is 14.8. The molecular weight excluding hydrogens is 1110 g/mol. The first-order chi connectivity index (χ1) is 41.5. The fourth-order valence-corrected chi connectivity index (χ4v) is 27.4. The van der Waals surface area contributed by atoms with Crippen molar-refractivity contribution in [1.82, 2.24) is 0 Å². The van der Waals surface area contributed by atoms with Gasteiger partial charge >= 0.3 is 17.9 Å². The predicted molar refractivity (Wildman–Crippen MR) is 355 cm³/mol. The molecule has 0 amide bonds. The van der Waals surface area contributed by atoms with Gasteiger partial charge in [-0.25, -0.2) is 0 Å². The number of rotatable bonds is 15. The molecule has 12 fully saturated rings. The van der Waals surface area contributed by atoms with Gasteiger partial charge in [-0.2, -0.15) is 0 Å². The number of hydrogen-bond acceptors (Lipinski definition) is 9. The molecule has 12 saturated carbocycles. The van der Waals surface area contributed by atoms with Crippen molar-refractivity contribution in [2.24, 2.45) is 139 Å². The van der Waals surface area contributed by atoms with E-state index in [1.54, 1.807) is 0 Å². The molecule has 12 aliphatic carbocycles. The highest BCUT2D eigenvalue weighted by molar-refractivity contribution is 5.70. The SMILES string of the molecule is C.CC.C[C@H](CCC(=O)O)[C@H]1CC[C@H]2[C@@H]3[C@@H](OC(=O)CC[C@@H](C)[C@H]4CC[C@H]5[C@@H]6[C@@H](OC(C)(C)C)C[C@@H]7C[C@H](O)CC[C@]7(C)[C@H]6CC[C@]45C)C[C@@H]4CC(OC(=O)CC[C@@H](C)[C@H]5CC[C@H]6[C@@H]7[C@@H](O)C[C@@H]8C[C@H](O)CC[C@]8(C)[C@H]7CC[C@]56C)CC[C@]4(C)[C@H]3CC[C@]12C. The minimum absolute atomic E-state index is 0. The van der Waals surface area contributed by atoms with Crippen LogP contribution in [0.2, 0.25) is 0 Å². The summed E-state index contributed by atoms with van der Waals surface area (Å²) >= 11 is 0. The number of aliphatic hydroxyl groups is 3. The third-order valence-electron chi connectivity index (χ3n) is 31.7. The second-order valence-electron chi connectivity index (χ2n) is 36.4. The van der Waals surface area contributed by atoms with E-state index in [4.69, 9.17) is 14.2 Å². The lowest BCUT2D eigenvalue weighted by molar-refractivity contribution is -0.212. The average molecular weight is 1240 g/mol. The van der Waals surface area contributed by atoms with Crippen LogP contribution in [0.4, 0.5) is 0 Å². The van der Waals surface area contributed by atoms with Gasteiger partial charge in [0, 0.05) is 25.2 Å². The molecule has 12 rings (SSSR count). The van der Waals surface area contributed by atoms with E-state index in [9.17, 15) is 34.8 Å². The van der Waals surface area contributed by atoms with Gasteiger partial charge in [0.1, 0.15) is 12.2 Å². The van der Waals surface area contributed by atoms with Gasteiger partial charge in [-0.05, 0) is 327 Å². The number of fused-ring (bicyclic) bond motifs is 15. The summed E-state index contributed by atoms with van der Waals surface area (Å²) in [5.41, 5.74) is 0.786. The van der Waals surface area contributed by atoms with Crippen LogP contribution in [0.3, 0.4) is 0 Å². The maximum atomic E-state index is 14.8. The monoisotopic (exact) mass is 1240 g/mol. The third kappa shape index (κ3) is 12.5. The first kappa shape index (κ1) is 70.1. The maximum Gasteiger partial charge on any atom is 0.306 e. The zero-order valence-corrected chi connectivity index (χ0v) is 58.3. The Balaban J connectivity index is 0.00000288. The molecule has 0 heterocycles. The number of aliphatic carboxylic acids is 1. The van der Waals surface area contributed by atoms with Crippen LogP contribution in [-0.4, -0.2) is 80.6 Å². The van der Waals surface area contributed by atoms with Gasteiger partial charge < -0.3 is 34.6 Å². The van der Waals surface area contributed by atoms with Crippen LogP contribution in [0.15, 0.2) is 0 Å². The first-order valence-electron chi connectivity index (χ1n) is 37.8. The van der Waals surface area contributed by atoms with E-state index in [1.807, 2.05) is 13.8 Å². The normalized spacial score (nSPS) is 49.7. The van der Waals surface area contributed by atoms with Gasteiger partial charge in [0.15, 0.2) is 0 Å². The highest BCUT2D eigenvalue weighted by Crippen LogP contribution is 2.73. The number of esters is 2. The van der Waals surface area contributed by atoms with Crippen LogP contribution < -0.4 is 0 Å². The molecule has 0 radical (unpaired) electrons. The van der Waals surface area contributed by atoms with E-state index >= 15 is 0 Å². The summed E-state index contributed by atoms with van der Waals surface area (Å²) in [6.07, 6.45) is 28.2. The summed E-state index contributed by atoms with van der Waals surface area (Å²) in [5.74, 6) is 7.42. The highest BCUT2D eigenvalue weighted by atomic mass is 16.5. The molecule has 0 aliphatic heterocycles. The number of carbonyl (C=O) groups excluding carboxylic acids is 2. The number of carboxylic acids is 1. The second-order valence-corrected chi connectivity index (χ2v) is 36.4. The van der Waals surface area contributed by atoms with Crippen molar-refractivity contribution in [3.05, 3.63) is 0 Å². The lowest BCUT2D eigenvalue weighted by Gasteiger charge is -2.63. The minimum Gasteiger partial charge on any atom is -0.481 e. The summed E-state index contributed by atoms with van der Waals surface area (Å²) < 4.78 is 20.8. The molecule has 4 N–H and O–H groups in total. The van der Waals surface area contributed by atoms with Crippen molar-refractivity contribution >= 4 is 17.9 Å². The molecule has 10 heteroatoms. The van der Waals surface area contributed by atoms with Gasteiger partial charge in [-0.1, -0.05) is 83.6 Å². The number of carbonyl (C=O) groups is 3. The Morgan fingerprint density at radius 3 is 1.26 bits per heavy atom. The van der Waals surface area contributed by atoms with Crippen LogP contribution in [-0.2, 0) is 28.6 Å². The van der Waals surface area contributed by atoms with Gasteiger partial charge in [0.25, 0.3) is 0 Å². The molecule has 0 spiro atoms. The average Bonchev–Trinajstić information content (AvgIpc) is 1.74. The van der Waals surface area contributed by atoms with Crippen LogP contribution >= 0.6 is 0 Å². The van der Waals surface area contributed by atoms with Crippen molar-refractivity contribution < 1.29 is 49.0 Å². The van der Waals surface area contributed by atoms with Crippen LogP contribution in [0.1, 0.15) is 297 Å². The molecule has 89 heavy (non-hydrogen) atoms. The quantitative estimate of drug-likeness (QED) is 0.116. The topological polar surface area (TPSA) is 160 Å². The Kier molecular flexibility index (Phi) is 20.7. The Hall–Kier alpha value is -1.75. The molecule has 10 nitrogen and oxygen atoms in total. The van der Waals surface area contributed by atoms with Gasteiger partial charge in [-0.15, -0.1) is 0 Å². The molecule has 30 atom stereocenters.